The number of rotatable bonds is 6. The molecule has 1 aromatic carbocycles. The van der Waals surface area contributed by atoms with Crippen molar-refractivity contribution >= 4 is 6.08 Å². The van der Waals surface area contributed by atoms with E-state index in [4.69, 9.17) is 14.6 Å². The second kappa shape index (κ2) is 6.90. The highest BCUT2D eigenvalue weighted by atomic mass is 16.5. The summed E-state index contributed by atoms with van der Waals surface area (Å²) in [7, 11) is 1.62. The molecule has 0 unspecified atom stereocenters. The quantitative estimate of drug-likeness (QED) is 0.803. The molecule has 0 heterocycles. The van der Waals surface area contributed by atoms with Gasteiger partial charge in [-0.15, -0.1) is 0 Å². The maximum absolute atomic E-state index is 8.70. The van der Waals surface area contributed by atoms with Crippen LogP contribution in [0.3, 0.4) is 0 Å². The van der Waals surface area contributed by atoms with E-state index >= 15 is 0 Å². The van der Waals surface area contributed by atoms with Crippen molar-refractivity contribution < 1.29 is 14.6 Å². The van der Waals surface area contributed by atoms with E-state index in [1.54, 1.807) is 13.2 Å². The largest absolute Gasteiger partial charge is 0.493 e. The molecule has 0 amide bonds. The third kappa shape index (κ3) is 3.59. The SMILES string of the molecule is CCCOc1cc(C=CCO)ccc1OC. The van der Waals surface area contributed by atoms with Crippen LogP contribution in [0.5, 0.6) is 11.5 Å². The van der Waals surface area contributed by atoms with Gasteiger partial charge in [0.2, 0.25) is 0 Å². The summed E-state index contributed by atoms with van der Waals surface area (Å²) in [5.74, 6) is 1.47. The maximum Gasteiger partial charge on any atom is 0.161 e. The zero-order valence-electron chi connectivity index (χ0n) is 9.77. The Kier molecular flexibility index (Phi) is 5.43. The molecule has 0 fully saturated rings. The molecule has 0 atom stereocenters. The Morgan fingerprint density at radius 3 is 2.75 bits per heavy atom. The maximum atomic E-state index is 8.70. The van der Waals surface area contributed by atoms with E-state index in [2.05, 4.69) is 6.92 Å². The van der Waals surface area contributed by atoms with E-state index in [-0.39, 0.29) is 6.61 Å². The first-order chi connectivity index (χ1) is 7.81. The summed E-state index contributed by atoms with van der Waals surface area (Å²) in [6.07, 6.45) is 4.49. The molecule has 16 heavy (non-hydrogen) atoms. The van der Waals surface area contributed by atoms with Gasteiger partial charge in [0.15, 0.2) is 11.5 Å². The average Bonchev–Trinajstić information content (AvgIpc) is 2.33. The third-order valence-corrected chi connectivity index (χ3v) is 2.07. The lowest BCUT2D eigenvalue weighted by molar-refractivity contribution is 0.294. The van der Waals surface area contributed by atoms with Gasteiger partial charge in [-0.05, 0) is 24.1 Å². The summed E-state index contributed by atoms with van der Waals surface area (Å²) in [4.78, 5) is 0. The lowest BCUT2D eigenvalue weighted by Gasteiger charge is -2.10. The summed E-state index contributed by atoms with van der Waals surface area (Å²) in [6.45, 7) is 2.77. The summed E-state index contributed by atoms with van der Waals surface area (Å²) in [5.41, 5.74) is 0.987. The van der Waals surface area contributed by atoms with Gasteiger partial charge in [0.25, 0.3) is 0 Å². The molecule has 0 aromatic heterocycles. The number of hydrogen-bond donors (Lipinski definition) is 1. The van der Waals surface area contributed by atoms with Crippen LogP contribution in [0.1, 0.15) is 18.9 Å². The zero-order chi connectivity index (χ0) is 11.8. The van der Waals surface area contributed by atoms with Crippen LogP contribution in [0.15, 0.2) is 24.3 Å². The molecule has 0 bridgehead atoms. The highest BCUT2D eigenvalue weighted by molar-refractivity contribution is 5.55. The van der Waals surface area contributed by atoms with Crippen LogP contribution < -0.4 is 9.47 Å². The van der Waals surface area contributed by atoms with Crippen molar-refractivity contribution in [3.05, 3.63) is 29.8 Å². The molecule has 0 radical (unpaired) electrons. The Bertz CT molecular complexity index is 345. The highest BCUT2D eigenvalue weighted by Gasteiger charge is 2.03. The van der Waals surface area contributed by atoms with Crippen LogP contribution in [0.2, 0.25) is 0 Å². The van der Waals surface area contributed by atoms with E-state index in [0.717, 1.165) is 23.5 Å². The summed E-state index contributed by atoms with van der Waals surface area (Å²) in [6, 6.07) is 5.69. The van der Waals surface area contributed by atoms with Gasteiger partial charge in [-0.1, -0.05) is 25.1 Å². The van der Waals surface area contributed by atoms with E-state index in [0.29, 0.717) is 6.61 Å². The van der Waals surface area contributed by atoms with Crippen LogP contribution in [-0.4, -0.2) is 25.4 Å². The standard InChI is InChI=1S/C13H18O3/c1-3-9-16-13-10-11(5-4-8-14)6-7-12(13)15-2/h4-7,10,14H,3,8-9H2,1-2H3. The van der Waals surface area contributed by atoms with E-state index < -0.39 is 0 Å². The molecule has 0 aliphatic carbocycles. The van der Waals surface area contributed by atoms with Crippen LogP contribution in [-0.2, 0) is 0 Å². The number of ether oxygens (including phenoxy) is 2. The second-order valence-corrected chi connectivity index (χ2v) is 3.34. The van der Waals surface area contributed by atoms with Crippen molar-refractivity contribution in [1.29, 1.82) is 0 Å². The lowest BCUT2D eigenvalue weighted by Crippen LogP contribution is -1.97. The van der Waals surface area contributed by atoms with Crippen LogP contribution in [0.4, 0.5) is 0 Å². The molecule has 88 valence electrons. The summed E-state index contributed by atoms with van der Waals surface area (Å²) >= 11 is 0. The van der Waals surface area contributed by atoms with Crippen molar-refractivity contribution in [2.75, 3.05) is 20.3 Å². The first-order valence-corrected chi connectivity index (χ1v) is 5.40. The molecule has 0 spiro atoms. The van der Waals surface area contributed by atoms with Gasteiger partial charge < -0.3 is 14.6 Å². The van der Waals surface area contributed by atoms with Crippen LogP contribution in [0, 0.1) is 0 Å². The first-order valence-electron chi connectivity index (χ1n) is 5.40. The fraction of sp³-hybridized carbons (Fsp3) is 0.385. The minimum absolute atomic E-state index is 0.0389. The fourth-order valence-electron chi connectivity index (χ4n) is 1.31. The number of aliphatic hydroxyl groups excluding tert-OH is 1. The van der Waals surface area contributed by atoms with Crippen LogP contribution in [0.25, 0.3) is 6.08 Å². The number of hydrogen-bond acceptors (Lipinski definition) is 3. The number of aliphatic hydroxyl groups is 1. The second-order valence-electron chi connectivity index (χ2n) is 3.34. The Labute approximate surface area is 96.3 Å². The predicted molar refractivity (Wildman–Crippen MR) is 64.9 cm³/mol. The number of methoxy groups -OCH3 is 1. The number of benzene rings is 1. The van der Waals surface area contributed by atoms with Gasteiger partial charge in [-0.25, -0.2) is 0 Å². The molecule has 0 aliphatic heterocycles. The van der Waals surface area contributed by atoms with Gasteiger partial charge in [0.05, 0.1) is 20.3 Å². The Morgan fingerprint density at radius 2 is 2.12 bits per heavy atom. The average molecular weight is 222 g/mol. The summed E-state index contributed by atoms with van der Waals surface area (Å²) in [5, 5.41) is 8.70. The van der Waals surface area contributed by atoms with Crippen LogP contribution >= 0.6 is 0 Å². The molecular formula is C13H18O3. The first kappa shape index (κ1) is 12.6. The Balaban J connectivity index is 2.87. The fourth-order valence-corrected chi connectivity index (χ4v) is 1.31. The molecule has 3 nitrogen and oxygen atoms in total. The Hall–Kier alpha value is -1.48. The topological polar surface area (TPSA) is 38.7 Å². The van der Waals surface area contributed by atoms with Crippen molar-refractivity contribution in [2.45, 2.75) is 13.3 Å². The molecule has 0 saturated heterocycles. The molecule has 0 aliphatic rings. The van der Waals surface area contributed by atoms with E-state index in [1.807, 2.05) is 24.3 Å². The van der Waals surface area contributed by atoms with Gasteiger partial charge in [0, 0.05) is 0 Å². The molecule has 1 rings (SSSR count). The molecule has 0 saturated carbocycles. The smallest absolute Gasteiger partial charge is 0.161 e. The predicted octanol–water partition coefficient (Wildman–Crippen LogP) is 2.49. The zero-order valence-corrected chi connectivity index (χ0v) is 9.77. The Morgan fingerprint density at radius 1 is 1.31 bits per heavy atom. The summed E-state index contributed by atoms with van der Waals surface area (Å²) < 4.78 is 10.8. The lowest BCUT2D eigenvalue weighted by atomic mass is 10.2. The highest BCUT2D eigenvalue weighted by Crippen LogP contribution is 2.28. The van der Waals surface area contributed by atoms with Crippen molar-refractivity contribution in [3.8, 4) is 11.5 Å². The van der Waals surface area contributed by atoms with Crippen molar-refractivity contribution in [1.82, 2.24) is 0 Å². The molecule has 3 heteroatoms. The third-order valence-electron chi connectivity index (χ3n) is 2.07. The van der Waals surface area contributed by atoms with Gasteiger partial charge in [-0.3, -0.25) is 0 Å². The van der Waals surface area contributed by atoms with E-state index in [1.165, 1.54) is 0 Å². The molecular weight excluding hydrogens is 204 g/mol. The van der Waals surface area contributed by atoms with E-state index in [9.17, 15) is 0 Å². The minimum atomic E-state index is 0.0389. The van der Waals surface area contributed by atoms with Gasteiger partial charge in [0.1, 0.15) is 0 Å². The minimum Gasteiger partial charge on any atom is -0.493 e. The normalized spacial score (nSPS) is 10.7. The van der Waals surface area contributed by atoms with Gasteiger partial charge >= 0.3 is 0 Å². The monoisotopic (exact) mass is 222 g/mol. The van der Waals surface area contributed by atoms with Gasteiger partial charge in [-0.2, -0.15) is 0 Å². The van der Waals surface area contributed by atoms with Crippen molar-refractivity contribution in [2.24, 2.45) is 0 Å². The van der Waals surface area contributed by atoms with Crippen molar-refractivity contribution in [3.63, 3.8) is 0 Å². The molecule has 1 N–H and O–H groups in total. The molecule has 1 aromatic rings.